The van der Waals surface area contributed by atoms with Crippen molar-refractivity contribution in [2.45, 2.75) is 12.6 Å². The fourth-order valence-corrected chi connectivity index (χ4v) is 3.89. The molecule has 0 saturated carbocycles. The van der Waals surface area contributed by atoms with E-state index in [9.17, 15) is 4.79 Å². The fraction of sp³-hybridized carbons (Fsp3) is 0.150. The Labute approximate surface area is 172 Å². The summed E-state index contributed by atoms with van der Waals surface area (Å²) in [7, 11) is 1.63. The molecule has 0 aliphatic rings. The number of ether oxygens (including phenoxy) is 1. The maximum absolute atomic E-state index is 13.1. The number of Topliss-reactive ketones (excluding diaryl/α,β-unsaturated/α-hetero) is 1. The van der Waals surface area contributed by atoms with Crippen molar-refractivity contribution in [1.29, 1.82) is 0 Å². The van der Waals surface area contributed by atoms with Crippen LogP contribution in [0, 0.1) is 0 Å². The molecule has 0 aliphatic heterocycles. The molecule has 1 aromatic carbocycles. The third-order valence-electron chi connectivity index (χ3n) is 3.98. The minimum absolute atomic E-state index is 0.0877. The summed E-state index contributed by atoms with van der Waals surface area (Å²) in [5.74, 6) is 0.708. The van der Waals surface area contributed by atoms with Crippen LogP contribution in [0.5, 0.6) is 5.75 Å². The van der Waals surface area contributed by atoms with Crippen LogP contribution in [0.3, 0.4) is 0 Å². The number of rotatable bonds is 7. The highest BCUT2D eigenvalue weighted by Crippen LogP contribution is 2.24. The second-order valence-corrected chi connectivity index (χ2v) is 7.91. The molecule has 7 heteroatoms. The number of benzene rings is 1. The number of pyridine rings is 1. The summed E-state index contributed by atoms with van der Waals surface area (Å²) in [5, 5.41) is 3.21. The fourth-order valence-electron chi connectivity index (χ4n) is 2.58. The van der Waals surface area contributed by atoms with Gasteiger partial charge in [-0.25, -0.2) is 0 Å². The molecule has 1 atom stereocenters. The molecule has 0 bridgehead atoms. The quantitative estimate of drug-likeness (QED) is 0.354. The van der Waals surface area contributed by atoms with E-state index in [4.69, 9.17) is 28.6 Å². The van der Waals surface area contributed by atoms with Crippen molar-refractivity contribution in [2.24, 2.45) is 0 Å². The number of carbonyl (C=O) groups is 1. The summed E-state index contributed by atoms with van der Waals surface area (Å²) in [6.45, 7) is 0.519. The molecule has 138 valence electrons. The smallest absolute Gasteiger partial charge is 0.271 e. The number of thiocarbonyl (C=S) groups is 1. The third-order valence-corrected chi connectivity index (χ3v) is 5.59. The molecule has 27 heavy (non-hydrogen) atoms. The Bertz CT molecular complexity index is 927. The van der Waals surface area contributed by atoms with E-state index in [0.29, 0.717) is 20.7 Å². The van der Waals surface area contributed by atoms with E-state index < -0.39 is 6.04 Å². The summed E-state index contributed by atoms with van der Waals surface area (Å²) >= 11 is 12.8. The number of nitrogens with zero attached hydrogens (tertiary/aromatic N) is 1. The summed E-state index contributed by atoms with van der Waals surface area (Å²) in [4.78, 5) is 14.1. The average molecular weight is 418 g/mol. The van der Waals surface area contributed by atoms with Gasteiger partial charge in [-0.05, 0) is 29.8 Å². The molecule has 2 heterocycles. The van der Waals surface area contributed by atoms with E-state index in [-0.39, 0.29) is 5.78 Å². The SMILES string of the molecule is COc1ccc(CNC(=S)C(C(=O)c2ccc(Cl)s2)[n+]2ccccc2)cc1. The highest BCUT2D eigenvalue weighted by molar-refractivity contribution is 7.80. The lowest BCUT2D eigenvalue weighted by molar-refractivity contribution is -0.692. The van der Waals surface area contributed by atoms with Crippen molar-refractivity contribution >= 4 is 45.9 Å². The van der Waals surface area contributed by atoms with Crippen molar-refractivity contribution < 1.29 is 14.1 Å². The van der Waals surface area contributed by atoms with Crippen LogP contribution in [-0.2, 0) is 6.54 Å². The molecular formula is C20H18ClN2O2S2+. The molecule has 0 radical (unpaired) electrons. The molecule has 1 unspecified atom stereocenters. The number of methoxy groups -OCH3 is 1. The number of hydrogen-bond donors (Lipinski definition) is 1. The van der Waals surface area contributed by atoms with Crippen LogP contribution < -0.4 is 14.6 Å². The summed E-state index contributed by atoms with van der Waals surface area (Å²) in [6.07, 6.45) is 3.66. The lowest BCUT2D eigenvalue weighted by Crippen LogP contribution is -2.51. The van der Waals surface area contributed by atoms with Crippen molar-refractivity contribution in [1.82, 2.24) is 5.32 Å². The van der Waals surface area contributed by atoms with Crippen molar-refractivity contribution in [3.05, 3.63) is 81.8 Å². The number of ketones is 1. The first kappa shape index (κ1) is 19.5. The zero-order valence-electron chi connectivity index (χ0n) is 14.6. The van der Waals surface area contributed by atoms with Gasteiger partial charge in [0, 0.05) is 18.7 Å². The molecule has 1 N–H and O–H groups in total. The van der Waals surface area contributed by atoms with E-state index >= 15 is 0 Å². The first-order valence-corrected chi connectivity index (χ1v) is 9.84. The number of carbonyl (C=O) groups excluding carboxylic acids is 1. The van der Waals surface area contributed by atoms with Gasteiger partial charge in [-0.2, -0.15) is 4.57 Å². The van der Waals surface area contributed by atoms with E-state index in [1.807, 2.05) is 54.9 Å². The molecule has 2 aromatic heterocycles. The Morgan fingerprint density at radius 3 is 2.48 bits per heavy atom. The highest BCUT2D eigenvalue weighted by Gasteiger charge is 2.33. The number of aromatic nitrogens is 1. The number of nitrogens with one attached hydrogen (secondary N) is 1. The van der Waals surface area contributed by atoms with Gasteiger partial charge in [0.15, 0.2) is 17.4 Å². The zero-order chi connectivity index (χ0) is 19.2. The molecule has 3 rings (SSSR count). The second-order valence-electron chi connectivity index (χ2n) is 5.76. The van der Waals surface area contributed by atoms with Crippen LogP contribution in [-0.4, -0.2) is 17.9 Å². The number of halogens is 1. The van der Waals surface area contributed by atoms with Crippen LogP contribution >= 0.6 is 35.2 Å². The van der Waals surface area contributed by atoms with E-state index in [0.717, 1.165) is 11.3 Å². The third kappa shape index (κ3) is 4.91. The first-order valence-electron chi connectivity index (χ1n) is 8.24. The summed E-state index contributed by atoms with van der Waals surface area (Å²) < 4.78 is 7.55. The van der Waals surface area contributed by atoms with Gasteiger partial charge in [0.25, 0.3) is 6.04 Å². The monoisotopic (exact) mass is 417 g/mol. The van der Waals surface area contributed by atoms with Gasteiger partial charge in [-0.3, -0.25) is 4.79 Å². The topological polar surface area (TPSA) is 42.2 Å². The van der Waals surface area contributed by atoms with Gasteiger partial charge in [-0.1, -0.05) is 42.0 Å². The van der Waals surface area contributed by atoms with E-state index in [1.54, 1.807) is 23.8 Å². The summed E-state index contributed by atoms with van der Waals surface area (Å²) in [6, 6.07) is 16.2. The Hall–Kier alpha value is -2.28. The Morgan fingerprint density at radius 1 is 1.19 bits per heavy atom. The zero-order valence-corrected chi connectivity index (χ0v) is 17.0. The van der Waals surface area contributed by atoms with Gasteiger partial charge in [0.2, 0.25) is 5.78 Å². The summed E-state index contributed by atoms with van der Waals surface area (Å²) in [5.41, 5.74) is 1.04. The van der Waals surface area contributed by atoms with Crippen molar-refractivity contribution in [3.63, 3.8) is 0 Å². The molecule has 4 nitrogen and oxygen atoms in total. The van der Waals surface area contributed by atoms with Gasteiger partial charge in [-0.15, -0.1) is 11.3 Å². The molecule has 0 spiro atoms. The van der Waals surface area contributed by atoms with Crippen LogP contribution in [0.25, 0.3) is 0 Å². The average Bonchev–Trinajstić information content (AvgIpc) is 3.14. The highest BCUT2D eigenvalue weighted by atomic mass is 35.5. The second kappa shape index (κ2) is 9.08. The van der Waals surface area contributed by atoms with Gasteiger partial charge < -0.3 is 10.1 Å². The van der Waals surface area contributed by atoms with Crippen molar-refractivity contribution in [2.75, 3.05) is 7.11 Å². The van der Waals surface area contributed by atoms with Crippen LogP contribution in [0.2, 0.25) is 4.34 Å². The van der Waals surface area contributed by atoms with Crippen LogP contribution in [0.15, 0.2) is 67.0 Å². The molecule has 0 amide bonds. The number of thiophene rings is 1. The minimum atomic E-state index is -0.630. The van der Waals surface area contributed by atoms with E-state index in [1.165, 1.54) is 11.3 Å². The normalized spacial score (nSPS) is 11.6. The molecule has 0 aliphatic carbocycles. The lowest BCUT2D eigenvalue weighted by atomic mass is 10.1. The van der Waals surface area contributed by atoms with Gasteiger partial charge in [0.05, 0.1) is 16.3 Å². The van der Waals surface area contributed by atoms with Crippen LogP contribution in [0.4, 0.5) is 0 Å². The molecular weight excluding hydrogens is 400 g/mol. The Morgan fingerprint density at radius 2 is 1.89 bits per heavy atom. The lowest BCUT2D eigenvalue weighted by Gasteiger charge is -2.14. The van der Waals surface area contributed by atoms with Crippen LogP contribution in [0.1, 0.15) is 21.3 Å². The van der Waals surface area contributed by atoms with Crippen molar-refractivity contribution in [3.8, 4) is 5.75 Å². The predicted octanol–water partition coefficient (Wildman–Crippen LogP) is 4.24. The largest absolute Gasteiger partial charge is 0.497 e. The van der Waals surface area contributed by atoms with Gasteiger partial charge >= 0.3 is 0 Å². The number of hydrogen-bond acceptors (Lipinski definition) is 4. The maximum atomic E-state index is 13.1. The first-order chi connectivity index (χ1) is 13.1. The van der Waals surface area contributed by atoms with Gasteiger partial charge in [0.1, 0.15) is 5.75 Å². The maximum Gasteiger partial charge on any atom is 0.271 e. The standard InChI is InChI=1S/C20H17ClN2O2S2/c1-25-15-7-5-14(6-8-15)13-22-20(26)18(23-11-3-2-4-12-23)19(24)16-9-10-17(21)27-16/h2-12,18H,13H2,1H3/p+1. The molecule has 0 saturated heterocycles. The Kier molecular flexibility index (Phi) is 6.55. The van der Waals surface area contributed by atoms with E-state index in [2.05, 4.69) is 5.32 Å². The Balaban J connectivity index is 1.79. The predicted molar refractivity (Wildman–Crippen MR) is 112 cm³/mol. The molecule has 3 aromatic rings. The molecule has 0 fully saturated rings. The minimum Gasteiger partial charge on any atom is -0.497 e.